The minimum atomic E-state index is -0.299. The van der Waals surface area contributed by atoms with E-state index < -0.39 is 0 Å². The van der Waals surface area contributed by atoms with Crippen LogP contribution in [0.3, 0.4) is 0 Å². The van der Waals surface area contributed by atoms with Crippen LogP contribution in [0.2, 0.25) is 0 Å². The first-order chi connectivity index (χ1) is 13.9. The van der Waals surface area contributed by atoms with Crippen LogP contribution in [-0.4, -0.2) is 50.0 Å². The van der Waals surface area contributed by atoms with Crippen LogP contribution in [0.4, 0.5) is 15.2 Å². The van der Waals surface area contributed by atoms with Crippen molar-refractivity contribution >= 4 is 44.4 Å². The molecule has 0 bridgehead atoms. The first kappa shape index (κ1) is 21.0. The molecule has 5 nitrogen and oxygen atoms in total. The molecule has 0 aliphatic heterocycles. The lowest BCUT2D eigenvalue weighted by atomic mass is 10.2. The van der Waals surface area contributed by atoms with Gasteiger partial charge in [-0.3, -0.25) is 4.79 Å². The number of nitrogens with one attached hydrogen (secondary N) is 1. The molecular formula is C22H25FN4OS. The van der Waals surface area contributed by atoms with Gasteiger partial charge in [-0.2, -0.15) is 0 Å². The molecule has 3 rings (SSSR count). The maximum atomic E-state index is 12.9. The van der Waals surface area contributed by atoms with E-state index in [9.17, 15) is 9.18 Å². The monoisotopic (exact) mass is 412 g/mol. The smallest absolute Gasteiger partial charge is 0.248 e. The van der Waals surface area contributed by atoms with Crippen LogP contribution in [0.5, 0.6) is 0 Å². The number of benzene rings is 2. The Hall–Kier alpha value is -2.77. The largest absolute Gasteiger partial charge is 0.351 e. The number of aromatic nitrogens is 1. The molecule has 1 N–H and O–H groups in total. The average molecular weight is 413 g/mol. The molecule has 0 radical (unpaired) electrons. The molecule has 0 saturated carbocycles. The molecule has 0 unspecified atom stereocenters. The molecule has 0 aliphatic rings. The van der Waals surface area contributed by atoms with Gasteiger partial charge < -0.3 is 15.1 Å². The summed E-state index contributed by atoms with van der Waals surface area (Å²) < 4.78 is 14.0. The van der Waals surface area contributed by atoms with E-state index >= 15 is 0 Å². The fraction of sp³-hybridized carbons (Fsp3) is 0.273. The first-order valence-electron chi connectivity index (χ1n) is 9.42. The highest BCUT2D eigenvalue weighted by atomic mass is 32.1. The van der Waals surface area contributed by atoms with Gasteiger partial charge in [0, 0.05) is 25.4 Å². The molecule has 3 aromatic rings. The lowest BCUT2D eigenvalue weighted by Gasteiger charge is -2.17. The number of fused-ring (bicyclic) bond motifs is 1. The summed E-state index contributed by atoms with van der Waals surface area (Å²) in [5, 5.41) is 3.83. The third kappa shape index (κ3) is 6.10. The Morgan fingerprint density at radius 1 is 1.14 bits per heavy atom. The lowest BCUT2D eigenvalue weighted by molar-refractivity contribution is -0.111. The number of halogens is 1. The molecular weight excluding hydrogens is 387 g/mol. The number of amides is 1. The van der Waals surface area contributed by atoms with Crippen molar-refractivity contribution in [2.45, 2.75) is 6.42 Å². The second-order valence-electron chi connectivity index (χ2n) is 7.13. The van der Waals surface area contributed by atoms with Gasteiger partial charge in [0.25, 0.3) is 0 Å². The SMILES string of the molecule is CN(C)CCCN(C)c1nc2ccc(NC(=O)/C=C/c3ccc(F)cc3)cc2s1. The minimum absolute atomic E-state index is 0.237. The number of nitrogens with zero attached hydrogens (tertiary/aromatic N) is 3. The predicted octanol–water partition coefficient (Wildman–Crippen LogP) is 4.48. The van der Waals surface area contributed by atoms with E-state index in [2.05, 4.69) is 41.2 Å². The van der Waals surface area contributed by atoms with Gasteiger partial charge in [-0.05, 0) is 69.0 Å². The van der Waals surface area contributed by atoms with Crippen molar-refractivity contribution in [3.05, 3.63) is 59.9 Å². The second-order valence-corrected chi connectivity index (χ2v) is 8.14. The molecule has 0 fully saturated rings. The van der Waals surface area contributed by atoms with Gasteiger partial charge in [0.15, 0.2) is 5.13 Å². The highest BCUT2D eigenvalue weighted by molar-refractivity contribution is 7.22. The predicted molar refractivity (Wildman–Crippen MR) is 120 cm³/mol. The molecule has 29 heavy (non-hydrogen) atoms. The van der Waals surface area contributed by atoms with E-state index in [-0.39, 0.29) is 11.7 Å². The van der Waals surface area contributed by atoms with Crippen molar-refractivity contribution in [1.29, 1.82) is 0 Å². The van der Waals surface area contributed by atoms with Crippen LogP contribution in [0.1, 0.15) is 12.0 Å². The van der Waals surface area contributed by atoms with Crippen molar-refractivity contribution < 1.29 is 9.18 Å². The fourth-order valence-corrected chi connectivity index (χ4v) is 3.79. The summed E-state index contributed by atoms with van der Waals surface area (Å²) in [4.78, 5) is 21.2. The Bertz CT molecular complexity index is 998. The van der Waals surface area contributed by atoms with Gasteiger partial charge in [-0.15, -0.1) is 0 Å². The molecule has 0 spiro atoms. The summed E-state index contributed by atoms with van der Waals surface area (Å²) in [6.07, 6.45) is 4.16. The van der Waals surface area contributed by atoms with Crippen molar-refractivity contribution in [2.24, 2.45) is 0 Å². The minimum Gasteiger partial charge on any atom is -0.351 e. The zero-order chi connectivity index (χ0) is 20.8. The summed E-state index contributed by atoms with van der Waals surface area (Å²) >= 11 is 1.61. The molecule has 0 aliphatic carbocycles. The van der Waals surface area contributed by atoms with E-state index in [4.69, 9.17) is 0 Å². The second kappa shape index (κ2) is 9.62. The summed E-state index contributed by atoms with van der Waals surface area (Å²) in [5.74, 6) is -0.536. The summed E-state index contributed by atoms with van der Waals surface area (Å²) in [6.45, 7) is 1.98. The van der Waals surface area contributed by atoms with Gasteiger partial charge in [0.05, 0.1) is 10.2 Å². The van der Waals surface area contributed by atoms with Crippen LogP contribution in [-0.2, 0) is 4.79 Å². The standard InChI is InChI=1S/C22H25FN4OS/c1-26(2)13-4-14-27(3)22-25-19-11-10-18(15-20(19)29-22)24-21(28)12-7-16-5-8-17(23)9-6-16/h5-12,15H,4,13-14H2,1-3H3,(H,24,28)/b12-7+. The molecule has 7 heteroatoms. The normalized spacial score (nSPS) is 11.5. The molecule has 0 atom stereocenters. The Kier molecular flexibility index (Phi) is 6.95. The van der Waals surface area contributed by atoms with E-state index in [0.29, 0.717) is 0 Å². The van der Waals surface area contributed by atoms with Gasteiger partial charge in [0.2, 0.25) is 5.91 Å². The summed E-state index contributed by atoms with van der Waals surface area (Å²) in [7, 11) is 6.20. The Labute approximate surface area is 174 Å². The van der Waals surface area contributed by atoms with Crippen LogP contribution in [0.25, 0.3) is 16.3 Å². The quantitative estimate of drug-likeness (QED) is 0.555. The van der Waals surface area contributed by atoms with Crippen LogP contribution < -0.4 is 10.2 Å². The zero-order valence-corrected chi connectivity index (χ0v) is 17.7. The molecule has 2 aromatic carbocycles. The molecule has 1 aromatic heterocycles. The molecule has 0 saturated heterocycles. The number of hydrogen-bond acceptors (Lipinski definition) is 5. The Balaban J connectivity index is 1.63. The third-order valence-electron chi connectivity index (χ3n) is 4.37. The van der Waals surface area contributed by atoms with Gasteiger partial charge >= 0.3 is 0 Å². The van der Waals surface area contributed by atoms with Crippen LogP contribution in [0.15, 0.2) is 48.5 Å². The van der Waals surface area contributed by atoms with E-state index in [1.807, 2.05) is 18.2 Å². The maximum absolute atomic E-state index is 12.9. The Morgan fingerprint density at radius 3 is 2.62 bits per heavy atom. The summed E-state index contributed by atoms with van der Waals surface area (Å²) in [5.41, 5.74) is 2.41. The first-order valence-corrected chi connectivity index (χ1v) is 10.2. The fourth-order valence-electron chi connectivity index (χ4n) is 2.80. The van der Waals surface area contributed by atoms with E-state index in [1.165, 1.54) is 18.2 Å². The number of thiazole rings is 1. The van der Waals surface area contributed by atoms with Crippen molar-refractivity contribution in [3.63, 3.8) is 0 Å². The lowest BCUT2D eigenvalue weighted by Crippen LogP contribution is -2.23. The highest BCUT2D eigenvalue weighted by Gasteiger charge is 2.09. The summed E-state index contributed by atoms with van der Waals surface area (Å²) in [6, 6.07) is 11.7. The topological polar surface area (TPSA) is 48.5 Å². The third-order valence-corrected chi connectivity index (χ3v) is 5.50. The van der Waals surface area contributed by atoms with E-state index in [0.717, 1.165) is 46.1 Å². The number of carbonyl (C=O) groups is 1. The molecule has 1 heterocycles. The highest BCUT2D eigenvalue weighted by Crippen LogP contribution is 2.30. The molecule has 1 amide bonds. The van der Waals surface area contributed by atoms with Gasteiger partial charge in [0.1, 0.15) is 5.82 Å². The van der Waals surface area contributed by atoms with Crippen LogP contribution in [0, 0.1) is 5.82 Å². The number of rotatable bonds is 8. The van der Waals surface area contributed by atoms with Crippen molar-refractivity contribution in [3.8, 4) is 0 Å². The number of carbonyl (C=O) groups excluding carboxylic acids is 1. The zero-order valence-electron chi connectivity index (χ0n) is 16.9. The average Bonchev–Trinajstić information content (AvgIpc) is 3.11. The van der Waals surface area contributed by atoms with Gasteiger partial charge in [-0.25, -0.2) is 9.37 Å². The van der Waals surface area contributed by atoms with E-state index in [1.54, 1.807) is 29.5 Å². The Morgan fingerprint density at radius 2 is 1.90 bits per heavy atom. The van der Waals surface area contributed by atoms with Gasteiger partial charge in [-0.1, -0.05) is 23.5 Å². The molecule has 152 valence electrons. The van der Waals surface area contributed by atoms with Crippen LogP contribution >= 0.6 is 11.3 Å². The maximum Gasteiger partial charge on any atom is 0.248 e. The van der Waals surface area contributed by atoms with Crippen molar-refractivity contribution in [2.75, 3.05) is 44.4 Å². The number of hydrogen-bond donors (Lipinski definition) is 1. The number of anilines is 2. The van der Waals surface area contributed by atoms with Crippen molar-refractivity contribution in [1.82, 2.24) is 9.88 Å².